The molecule has 0 unspecified atom stereocenters. The van der Waals surface area contributed by atoms with Crippen LogP contribution in [0.15, 0.2) is 0 Å². The van der Waals surface area contributed by atoms with E-state index >= 15 is 0 Å². The molecule has 2 nitrogen and oxygen atoms in total. The molecule has 0 radical (unpaired) electrons. The molecule has 0 bridgehead atoms. The molecule has 4 atom stereocenters. The third kappa shape index (κ3) is 4.46. The van der Waals surface area contributed by atoms with Crippen molar-refractivity contribution in [1.29, 1.82) is 0 Å². The van der Waals surface area contributed by atoms with E-state index in [0.29, 0.717) is 24.2 Å². The van der Waals surface area contributed by atoms with E-state index in [1.807, 2.05) is 0 Å². The van der Waals surface area contributed by atoms with Crippen molar-refractivity contribution in [3.05, 3.63) is 0 Å². The topological polar surface area (TPSA) is 40.5 Å². The van der Waals surface area contributed by atoms with Crippen molar-refractivity contribution in [3.8, 4) is 0 Å². The molecule has 0 aromatic heterocycles. The van der Waals surface area contributed by atoms with E-state index in [0.717, 1.165) is 19.3 Å². The maximum absolute atomic E-state index is 11.1. The molecule has 0 amide bonds. The number of hydrogen-bond acceptors (Lipinski definition) is 2. The summed E-state index contributed by atoms with van der Waals surface area (Å²) in [5.74, 6) is 1.51. The van der Waals surface area contributed by atoms with Crippen LogP contribution < -0.4 is 0 Å². The van der Waals surface area contributed by atoms with Gasteiger partial charge in [0.25, 0.3) is 0 Å². The highest BCUT2D eigenvalue weighted by Gasteiger charge is 2.43. The maximum atomic E-state index is 11.1. The van der Waals surface area contributed by atoms with Gasteiger partial charge in [-0.3, -0.25) is 0 Å². The highest BCUT2D eigenvalue weighted by molar-refractivity contribution is 4.94. The van der Waals surface area contributed by atoms with Gasteiger partial charge in [0, 0.05) is 0 Å². The Morgan fingerprint density at radius 2 is 1.79 bits per heavy atom. The Kier molecular flexibility index (Phi) is 5.48. The van der Waals surface area contributed by atoms with E-state index in [1.54, 1.807) is 0 Å². The molecule has 114 valence electrons. The fourth-order valence-corrected chi connectivity index (χ4v) is 3.65. The molecule has 0 heterocycles. The van der Waals surface area contributed by atoms with Gasteiger partial charge in [-0.15, -0.1) is 0 Å². The zero-order chi connectivity index (χ0) is 14.8. The molecule has 1 saturated carbocycles. The molecule has 0 aromatic rings. The monoisotopic (exact) mass is 270 g/mol. The summed E-state index contributed by atoms with van der Waals surface area (Å²) in [6.07, 6.45) is 4.36. The second-order valence-corrected chi connectivity index (χ2v) is 8.26. The summed E-state index contributed by atoms with van der Waals surface area (Å²) in [6, 6.07) is 0. The Balaban J connectivity index is 2.69. The molecular formula is C17H34O2. The summed E-state index contributed by atoms with van der Waals surface area (Å²) in [5.41, 5.74) is -0.665. The number of hydrogen-bond donors (Lipinski definition) is 2. The van der Waals surface area contributed by atoms with Gasteiger partial charge in [0.15, 0.2) is 0 Å². The lowest BCUT2D eigenvalue weighted by Crippen LogP contribution is -2.46. The summed E-state index contributed by atoms with van der Waals surface area (Å²) in [7, 11) is 0. The number of rotatable bonds is 4. The van der Waals surface area contributed by atoms with E-state index in [2.05, 4.69) is 41.5 Å². The van der Waals surface area contributed by atoms with E-state index in [4.69, 9.17) is 0 Å². The van der Waals surface area contributed by atoms with Crippen LogP contribution in [-0.4, -0.2) is 21.9 Å². The van der Waals surface area contributed by atoms with Crippen molar-refractivity contribution in [3.63, 3.8) is 0 Å². The van der Waals surface area contributed by atoms with Crippen LogP contribution in [0.4, 0.5) is 0 Å². The van der Waals surface area contributed by atoms with Gasteiger partial charge in [-0.1, -0.05) is 48.0 Å². The van der Waals surface area contributed by atoms with E-state index in [9.17, 15) is 10.2 Å². The minimum absolute atomic E-state index is 0.0933. The molecule has 2 N–H and O–H groups in total. The minimum Gasteiger partial charge on any atom is -0.393 e. The number of aliphatic hydroxyl groups is 2. The van der Waals surface area contributed by atoms with Crippen molar-refractivity contribution in [2.45, 2.75) is 85.4 Å². The highest BCUT2D eigenvalue weighted by Crippen LogP contribution is 2.44. The average molecular weight is 270 g/mol. The lowest BCUT2D eigenvalue weighted by molar-refractivity contribution is -0.0963. The van der Waals surface area contributed by atoms with Crippen LogP contribution in [-0.2, 0) is 0 Å². The van der Waals surface area contributed by atoms with E-state index in [1.165, 1.54) is 6.42 Å². The third-order valence-corrected chi connectivity index (χ3v) is 5.02. The van der Waals surface area contributed by atoms with Crippen molar-refractivity contribution >= 4 is 0 Å². The van der Waals surface area contributed by atoms with Crippen molar-refractivity contribution in [2.24, 2.45) is 23.2 Å². The molecule has 2 heteroatoms. The first-order valence-corrected chi connectivity index (χ1v) is 7.96. The zero-order valence-electron chi connectivity index (χ0n) is 13.7. The van der Waals surface area contributed by atoms with E-state index in [-0.39, 0.29) is 11.5 Å². The molecule has 0 aliphatic heterocycles. The standard InChI is InChI=1S/C17H34O2/c1-12(2)14-8-7-13(3)11-17(14,19)10-9-15(18)16(4,5)6/h12-15,18-19H,7-11H2,1-6H3/t13-,14+,15-,17+/m1/s1. The maximum Gasteiger partial charge on any atom is 0.0681 e. The van der Waals surface area contributed by atoms with Gasteiger partial charge >= 0.3 is 0 Å². The normalized spacial score (nSPS) is 34.6. The van der Waals surface area contributed by atoms with Gasteiger partial charge in [0.1, 0.15) is 0 Å². The van der Waals surface area contributed by atoms with Gasteiger partial charge in [0.2, 0.25) is 0 Å². The molecule has 0 spiro atoms. The Morgan fingerprint density at radius 1 is 1.21 bits per heavy atom. The first-order valence-electron chi connectivity index (χ1n) is 7.96. The van der Waals surface area contributed by atoms with Crippen LogP contribution in [0.5, 0.6) is 0 Å². The SMILES string of the molecule is CC(C)[C@@H]1CC[C@@H](C)C[C@@]1(O)CC[C@@H](O)C(C)(C)C. The van der Waals surface area contributed by atoms with Crippen LogP contribution in [0.2, 0.25) is 0 Å². The van der Waals surface area contributed by atoms with Crippen LogP contribution in [0.1, 0.15) is 73.6 Å². The quantitative estimate of drug-likeness (QED) is 0.810. The Bertz CT molecular complexity index is 279. The molecule has 1 aliphatic rings. The number of aliphatic hydroxyl groups excluding tert-OH is 1. The van der Waals surface area contributed by atoms with Gasteiger partial charge in [0.05, 0.1) is 11.7 Å². The molecule has 1 rings (SSSR count). The fraction of sp³-hybridized carbons (Fsp3) is 1.00. The third-order valence-electron chi connectivity index (χ3n) is 5.02. The van der Waals surface area contributed by atoms with Crippen LogP contribution in [0, 0.1) is 23.2 Å². The second kappa shape index (κ2) is 6.13. The summed E-state index contributed by atoms with van der Waals surface area (Å²) in [4.78, 5) is 0. The summed E-state index contributed by atoms with van der Waals surface area (Å²) < 4.78 is 0. The molecule has 1 aliphatic carbocycles. The summed E-state index contributed by atoms with van der Waals surface area (Å²) in [5, 5.41) is 21.3. The lowest BCUT2D eigenvalue weighted by Gasteiger charge is -2.45. The van der Waals surface area contributed by atoms with Gasteiger partial charge in [-0.2, -0.15) is 0 Å². The van der Waals surface area contributed by atoms with E-state index < -0.39 is 5.60 Å². The highest BCUT2D eigenvalue weighted by atomic mass is 16.3. The second-order valence-electron chi connectivity index (χ2n) is 8.26. The first-order chi connectivity index (χ1) is 8.56. The molecule has 1 fully saturated rings. The van der Waals surface area contributed by atoms with Crippen LogP contribution >= 0.6 is 0 Å². The van der Waals surface area contributed by atoms with Gasteiger partial charge in [-0.25, -0.2) is 0 Å². The van der Waals surface area contributed by atoms with Crippen LogP contribution in [0.3, 0.4) is 0 Å². The van der Waals surface area contributed by atoms with Gasteiger partial charge in [-0.05, 0) is 48.9 Å². The van der Waals surface area contributed by atoms with Crippen LogP contribution in [0.25, 0.3) is 0 Å². The average Bonchev–Trinajstić information content (AvgIpc) is 2.23. The Labute approximate surface area is 119 Å². The first kappa shape index (κ1) is 17.0. The Morgan fingerprint density at radius 3 is 2.26 bits per heavy atom. The van der Waals surface area contributed by atoms with Crippen molar-refractivity contribution < 1.29 is 10.2 Å². The minimum atomic E-state index is -0.571. The van der Waals surface area contributed by atoms with Gasteiger partial charge < -0.3 is 10.2 Å². The molecule has 19 heavy (non-hydrogen) atoms. The largest absolute Gasteiger partial charge is 0.393 e. The van der Waals surface area contributed by atoms with Crippen molar-refractivity contribution in [1.82, 2.24) is 0 Å². The zero-order valence-corrected chi connectivity index (χ0v) is 13.7. The predicted molar refractivity (Wildman–Crippen MR) is 81.0 cm³/mol. The smallest absolute Gasteiger partial charge is 0.0681 e. The Hall–Kier alpha value is -0.0800. The molecule has 0 saturated heterocycles. The predicted octanol–water partition coefficient (Wildman–Crippen LogP) is 4.00. The fourth-order valence-electron chi connectivity index (χ4n) is 3.65. The summed E-state index contributed by atoms with van der Waals surface area (Å²) in [6.45, 7) is 12.8. The lowest BCUT2D eigenvalue weighted by atomic mass is 9.65. The van der Waals surface area contributed by atoms with Crippen molar-refractivity contribution in [2.75, 3.05) is 0 Å². The molecular weight excluding hydrogens is 236 g/mol. The molecule has 0 aromatic carbocycles. The summed E-state index contributed by atoms with van der Waals surface area (Å²) >= 11 is 0.